The monoisotopic (exact) mass is 217 g/mol. The third-order valence-corrected chi connectivity index (χ3v) is 2.88. The van der Waals surface area contributed by atoms with Gasteiger partial charge in [0.1, 0.15) is 11.3 Å². The Bertz CT molecular complexity index is 509. The van der Waals surface area contributed by atoms with Crippen molar-refractivity contribution in [3.8, 4) is 0 Å². The molecule has 0 aliphatic heterocycles. The first-order valence-electron chi connectivity index (χ1n) is 5.89. The third-order valence-electron chi connectivity index (χ3n) is 2.88. The fraction of sp³-hybridized carbons (Fsp3) is 0.500. The molecule has 0 fully saturated rings. The second kappa shape index (κ2) is 3.93. The van der Waals surface area contributed by atoms with Crippen molar-refractivity contribution >= 4 is 11.0 Å². The van der Waals surface area contributed by atoms with Crippen LogP contribution in [0, 0.1) is 6.92 Å². The van der Waals surface area contributed by atoms with Crippen LogP contribution in [0.1, 0.15) is 56.5 Å². The van der Waals surface area contributed by atoms with Gasteiger partial charge in [-0.05, 0) is 12.8 Å². The van der Waals surface area contributed by atoms with Gasteiger partial charge in [-0.3, -0.25) is 4.98 Å². The van der Waals surface area contributed by atoms with Crippen LogP contribution in [0.15, 0.2) is 16.7 Å². The molecule has 0 unspecified atom stereocenters. The van der Waals surface area contributed by atoms with E-state index < -0.39 is 0 Å². The van der Waals surface area contributed by atoms with Crippen molar-refractivity contribution in [3.05, 3.63) is 29.3 Å². The quantitative estimate of drug-likeness (QED) is 0.746. The van der Waals surface area contributed by atoms with Crippen LogP contribution >= 0.6 is 0 Å². The van der Waals surface area contributed by atoms with E-state index >= 15 is 0 Å². The van der Waals surface area contributed by atoms with E-state index in [1.54, 1.807) is 0 Å². The van der Waals surface area contributed by atoms with Gasteiger partial charge >= 0.3 is 0 Å². The maximum Gasteiger partial charge on any atom is 0.137 e. The summed E-state index contributed by atoms with van der Waals surface area (Å²) >= 11 is 0. The van der Waals surface area contributed by atoms with Gasteiger partial charge in [-0.2, -0.15) is 0 Å². The van der Waals surface area contributed by atoms with Crippen LogP contribution in [0.2, 0.25) is 0 Å². The highest BCUT2D eigenvalue weighted by Crippen LogP contribution is 2.35. The summed E-state index contributed by atoms with van der Waals surface area (Å²) < 4.78 is 5.96. The average Bonchev–Trinajstić information content (AvgIpc) is 2.55. The highest BCUT2D eigenvalue weighted by atomic mass is 16.3. The Labute approximate surface area is 96.7 Å². The smallest absolute Gasteiger partial charge is 0.137 e. The number of aryl methyl sites for hydroxylation is 1. The van der Waals surface area contributed by atoms with Gasteiger partial charge in [0, 0.05) is 34.8 Å². The minimum atomic E-state index is 0.421. The van der Waals surface area contributed by atoms with E-state index in [0.29, 0.717) is 11.8 Å². The normalized spacial score (nSPS) is 11.9. The minimum absolute atomic E-state index is 0.421. The van der Waals surface area contributed by atoms with Crippen molar-refractivity contribution in [1.82, 2.24) is 4.98 Å². The number of rotatable bonds is 2. The zero-order valence-electron chi connectivity index (χ0n) is 10.7. The Balaban J connectivity index is 2.75. The number of nitrogens with zero attached hydrogens (tertiary/aromatic N) is 1. The van der Waals surface area contributed by atoms with E-state index in [1.165, 1.54) is 10.9 Å². The molecule has 0 aromatic carbocycles. The molecule has 86 valence electrons. The molecule has 2 aromatic rings. The van der Waals surface area contributed by atoms with Crippen molar-refractivity contribution in [3.63, 3.8) is 0 Å². The van der Waals surface area contributed by atoms with Gasteiger partial charge in [0.05, 0.1) is 0 Å². The second-order valence-electron chi connectivity index (χ2n) is 5.01. The molecular formula is C14H19NO. The van der Waals surface area contributed by atoms with E-state index in [2.05, 4.69) is 32.7 Å². The van der Waals surface area contributed by atoms with E-state index in [0.717, 1.165) is 17.0 Å². The summed E-state index contributed by atoms with van der Waals surface area (Å²) in [5.74, 6) is 2.01. The second-order valence-corrected chi connectivity index (χ2v) is 5.01. The van der Waals surface area contributed by atoms with Crippen LogP contribution in [0.5, 0.6) is 0 Å². The topological polar surface area (TPSA) is 26.0 Å². The summed E-state index contributed by atoms with van der Waals surface area (Å²) in [6, 6.07) is 2.02. The minimum Gasteiger partial charge on any atom is -0.460 e. The highest BCUT2D eigenvalue weighted by Gasteiger charge is 2.19. The molecule has 2 heteroatoms. The van der Waals surface area contributed by atoms with Crippen molar-refractivity contribution < 1.29 is 4.42 Å². The Hall–Kier alpha value is -1.31. The van der Waals surface area contributed by atoms with Gasteiger partial charge in [-0.25, -0.2) is 0 Å². The van der Waals surface area contributed by atoms with E-state index in [4.69, 9.17) is 4.42 Å². The first kappa shape index (κ1) is 11.2. The number of fused-ring (bicyclic) bond motifs is 1. The lowest BCUT2D eigenvalue weighted by Crippen LogP contribution is -1.94. The molecule has 16 heavy (non-hydrogen) atoms. The molecule has 0 atom stereocenters. The van der Waals surface area contributed by atoms with Crippen molar-refractivity contribution in [1.29, 1.82) is 0 Å². The van der Waals surface area contributed by atoms with Crippen LogP contribution in [0.25, 0.3) is 11.0 Å². The maximum atomic E-state index is 5.96. The average molecular weight is 217 g/mol. The van der Waals surface area contributed by atoms with Gasteiger partial charge in [-0.1, -0.05) is 27.7 Å². The summed E-state index contributed by atoms with van der Waals surface area (Å²) in [5, 5.41) is 1.17. The fourth-order valence-corrected chi connectivity index (χ4v) is 2.15. The lowest BCUT2D eigenvalue weighted by atomic mass is 9.96. The zero-order valence-corrected chi connectivity index (χ0v) is 10.7. The molecule has 0 N–H and O–H groups in total. The summed E-state index contributed by atoms with van der Waals surface area (Å²) in [6.07, 6.45) is 1.94. The molecule has 2 heterocycles. The van der Waals surface area contributed by atoms with Gasteiger partial charge in [0.15, 0.2) is 0 Å². The van der Waals surface area contributed by atoms with E-state index in [1.807, 2.05) is 19.2 Å². The van der Waals surface area contributed by atoms with Crippen LogP contribution in [-0.4, -0.2) is 4.98 Å². The Morgan fingerprint density at radius 3 is 2.38 bits per heavy atom. The van der Waals surface area contributed by atoms with Gasteiger partial charge in [0.25, 0.3) is 0 Å². The molecule has 0 bridgehead atoms. The molecule has 0 spiro atoms. The van der Waals surface area contributed by atoms with E-state index in [-0.39, 0.29) is 0 Å². The van der Waals surface area contributed by atoms with Crippen LogP contribution in [0.4, 0.5) is 0 Å². The molecule has 2 nitrogen and oxygen atoms in total. The zero-order chi connectivity index (χ0) is 11.9. The SMILES string of the molecule is Cc1cc2oc(C(C)C)c(C(C)C)c2cn1. The number of furan rings is 1. The predicted octanol–water partition coefficient (Wildman–Crippen LogP) is 4.38. The Morgan fingerprint density at radius 1 is 1.12 bits per heavy atom. The van der Waals surface area contributed by atoms with Gasteiger partial charge < -0.3 is 4.42 Å². The van der Waals surface area contributed by atoms with Gasteiger partial charge in [0.2, 0.25) is 0 Å². The molecule has 2 aromatic heterocycles. The molecule has 0 aliphatic rings. The maximum absolute atomic E-state index is 5.96. The molecule has 0 saturated heterocycles. The summed E-state index contributed by atoms with van der Waals surface area (Å²) in [4.78, 5) is 4.36. The van der Waals surface area contributed by atoms with E-state index in [9.17, 15) is 0 Å². The lowest BCUT2D eigenvalue weighted by Gasteiger charge is -2.08. The Morgan fingerprint density at radius 2 is 1.81 bits per heavy atom. The van der Waals surface area contributed by atoms with Crippen LogP contribution < -0.4 is 0 Å². The molecule has 2 rings (SSSR count). The number of pyridine rings is 1. The van der Waals surface area contributed by atoms with Crippen LogP contribution in [0.3, 0.4) is 0 Å². The number of hydrogen-bond donors (Lipinski definition) is 0. The number of aromatic nitrogens is 1. The Kier molecular flexibility index (Phi) is 2.75. The first-order chi connectivity index (χ1) is 7.50. The summed E-state index contributed by atoms with van der Waals surface area (Å²) in [5.41, 5.74) is 3.30. The predicted molar refractivity (Wildman–Crippen MR) is 66.9 cm³/mol. The van der Waals surface area contributed by atoms with Crippen molar-refractivity contribution in [2.75, 3.05) is 0 Å². The fourth-order valence-electron chi connectivity index (χ4n) is 2.15. The molecule has 0 amide bonds. The number of hydrogen-bond acceptors (Lipinski definition) is 2. The standard InChI is InChI=1S/C14H19NO/c1-8(2)13-11-7-15-10(5)6-12(11)16-14(13)9(3)4/h6-9H,1-5H3. The van der Waals surface area contributed by atoms with Crippen molar-refractivity contribution in [2.24, 2.45) is 0 Å². The first-order valence-corrected chi connectivity index (χ1v) is 5.89. The molecule has 0 radical (unpaired) electrons. The largest absolute Gasteiger partial charge is 0.460 e. The lowest BCUT2D eigenvalue weighted by molar-refractivity contribution is 0.510. The highest BCUT2D eigenvalue weighted by molar-refractivity contribution is 5.82. The van der Waals surface area contributed by atoms with Gasteiger partial charge in [-0.15, -0.1) is 0 Å². The van der Waals surface area contributed by atoms with Crippen molar-refractivity contribution in [2.45, 2.75) is 46.5 Å². The molecule has 0 saturated carbocycles. The third kappa shape index (κ3) is 1.73. The van der Waals surface area contributed by atoms with Crippen LogP contribution in [-0.2, 0) is 0 Å². The summed E-state index contributed by atoms with van der Waals surface area (Å²) in [7, 11) is 0. The molecule has 0 aliphatic carbocycles. The molecular weight excluding hydrogens is 198 g/mol. The summed E-state index contributed by atoms with van der Waals surface area (Å²) in [6.45, 7) is 10.7.